The Morgan fingerprint density at radius 3 is 2.48 bits per heavy atom. The second kappa shape index (κ2) is 8.25. The van der Waals surface area contributed by atoms with Crippen LogP contribution in [-0.2, 0) is 17.4 Å². The normalized spacial score (nSPS) is 18.2. The Hall–Kier alpha value is -2.43. The van der Waals surface area contributed by atoms with E-state index in [0.717, 1.165) is 16.5 Å². The van der Waals surface area contributed by atoms with E-state index in [-0.39, 0.29) is 41.3 Å². The van der Waals surface area contributed by atoms with Crippen molar-refractivity contribution in [2.24, 2.45) is 5.92 Å². The van der Waals surface area contributed by atoms with Gasteiger partial charge in [-0.1, -0.05) is 11.6 Å². The molecule has 0 aliphatic heterocycles. The molecule has 2 heterocycles. The van der Waals surface area contributed by atoms with Gasteiger partial charge in [-0.25, -0.2) is 13.8 Å². The second-order valence-electron chi connectivity index (χ2n) is 7.70. The number of hydrogen-bond donors (Lipinski definition) is 2. The Morgan fingerprint density at radius 2 is 1.94 bits per heavy atom. The van der Waals surface area contributed by atoms with Gasteiger partial charge in [-0.2, -0.15) is 13.2 Å². The highest BCUT2D eigenvalue weighted by Crippen LogP contribution is 2.40. The molecule has 3 rings (SSSR count). The van der Waals surface area contributed by atoms with Crippen molar-refractivity contribution in [3.63, 3.8) is 0 Å². The Labute approximate surface area is 178 Å². The summed E-state index contributed by atoms with van der Waals surface area (Å²) in [7, 11) is 0. The van der Waals surface area contributed by atoms with Gasteiger partial charge < -0.3 is 10.4 Å². The number of aromatic nitrogens is 2. The van der Waals surface area contributed by atoms with E-state index in [1.54, 1.807) is 0 Å². The van der Waals surface area contributed by atoms with E-state index in [0.29, 0.717) is 0 Å². The number of amides is 1. The van der Waals surface area contributed by atoms with Gasteiger partial charge in [0.15, 0.2) is 5.69 Å². The van der Waals surface area contributed by atoms with Crippen molar-refractivity contribution in [3.05, 3.63) is 34.2 Å². The molecule has 0 radical (unpaired) electrons. The first kappa shape index (κ1) is 23.2. The summed E-state index contributed by atoms with van der Waals surface area (Å²) in [6, 6.07) is 0.954. The number of nitrogens with zero attached hydrogens (tertiary/aromatic N) is 2. The van der Waals surface area contributed by atoms with Gasteiger partial charge in [-0.3, -0.25) is 14.0 Å². The van der Waals surface area contributed by atoms with Crippen molar-refractivity contribution in [3.8, 4) is 0 Å². The summed E-state index contributed by atoms with van der Waals surface area (Å²) in [6.07, 6.45) is -5.60. The number of alkyl halides is 5. The minimum absolute atomic E-state index is 0.0721. The number of fused-ring (bicyclic) bond motifs is 1. The average Bonchev–Trinajstić information content (AvgIpc) is 3.02. The van der Waals surface area contributed by atoms with Crippen molar-refractivity contribution < 1.29 is 36.6 Å². The molecule has 2 N–H and O–H groups in total. The summed E-state index contributed by atoms with van der Waals surface area (Å²) < 4.78 is 68.8. The van der Waals surface area contributed by atoms with Crippen molar-refractivity contribution in [1.29, 1.82) is 0 Å². The van der Waals surface area contributed by atoms with Crippen LogP contribution in [0.2, 0.25) is 5.15 Å². The lowest BCUT2D eigenvalue weighted by molar-refractivity contribution is -0.141. The predicted molar refractivity (Wildman–Crippen MR) is 100 cm³/mol. The van der Waals surface area contributed by atoms with Crippen molar-refractivity contribution in [2.45, 2.75) is 57.2 Å². The zero-order valence-corrected chi connectivity index (χ0v) is 17.0. The molecule has 12 heteroatoms. The minimum Gasteiger partial charge on any atom is -0.480 e. The zero-order valence-electron chi connectivity index (χ0n) is 16.3. The molecule has 2 aromatic heterocycles. The molecule has 1 unspecified atom stereocenters. The lowest BCUT2D eigenvalue weighted by Crippen LogP contribution is -2.38. The first-order valence-corrected chi connectivity index (χ1v) is 9.86. The maximum atomic E-state index is 13.6. The Balaban J connectivity index is 1.99. The molecule has 0 bridgehead atoms. The van der Waals surface area contributed by atoms with E-state index in [9.17, 15) is 31.5 Å². The largest absolute Gasteiger partial charge is 0.480 e. The summed E-state index contributed by atoms with van der Waals surface area (Å²) in [5.41, 5.74) is -1.85. The molecule has 1 aliphatic carbocycles. The van der Waals surface area contributed by atoms with Gasteiger partial charge in [0.25, 0.3) is 5.91 Å². The molecule has 0 spiro atoms. The topological polar surface area (TPSA) is 83.7 Å². The van der Waals surface area contributed by atoms with Gasteiger partial charge in [-0.05, 0) is 44.2 Å². The van der Waals surface area contributed by atoms with Crippen LogP contribution in [0.1, 0.15) is 54.4 Å². The van der Waals surface area contributed by atoms with E-state index in [2.05, 4.69) is 10.3 Å². The molecule has 2 aromatic rings. The summed E-state index contributed by atoms with van der Waals surface area (Å²) >= 11 is 6.18. The van der Waals surface area contributed by atoms with Gasteiger partial charge in [0.2, 0.25) is 5.92 Å². The third-order valence-corrected chi connectivity index (χ3v) is 5.62. The lowest BCUT2D eigenvalue weighted by atomic mass is 9.83. The van der Waals surface area contributed by atoms with Crippen LogP contribution in [0.15, 0.2) is 12.1 Å². The van der Waals surface area contributed by atoms with Crippen LogP contribution in [0.4, 0.5) is 22.0 Å². The molecule has 6 nitrogen and oxygen atoms in total. The van der Waals surface area contributed by atoms with Crippen molar-refractivity contribution in [1.82, 2.24) is 14.7 Å². The number of imidazole rings is 1. The number of halogens is 6. The summed E-state index contributed by atoms with van der Waals surface area (Å²) in [4.78, 5) is 26.8. The third kappa shape index (κ3) is 5.08. The SMILES string of the molecule is CC(NC(=O)c1cc(Cl)n2c(CC3CCC(F)(F)CC3)c(C(F)(F)F)nc2c1)C(=O)O. The summed E-state index contributed by atoms with van der Waals surface area (Å²) in [6.45, 7) is 1.23. The minimum atomic E-state index is -4.82. The Morgan fingerprint density at radius 1 is 1.32 bits per heavy atom. The van der Waals surface area contributed by atoms with Gasteiger partial charge >= 0.3 is 12.1 Å². The number of carbonyl (C=O) groups excluding carboxylic acids is 1. The molecule has 1 amide bonds. The fourth-order valence-electron chi connectivity index (χ4n) is 3.65. The molecule has 1 fully saturated rings. The fourth-order valence-corrected chi connectivity index (χ4v) is 3.95. The quantitative estimate of drug-likeness (QED) is 0.498. The van der Waals surface area contributed by atoms with Crippen molar-refractivity contribution in [2.75, 3.05) is 0 Å². The zero-order chi connectivity index (χ0) is 23.1. The number of rotatable bonds is 5. The Kier molecular flexibility index (Phi) is 6.18. The van der Waals surface area contributed by atoms with Crippen LogP contribution in [0.5, 0.6) is 0 Å². The highest BCUT2D eigenvalue weighted by Gasteiger charge is 2.40. The molecule has 1 saturated carbocycles. The first-order chi connectivity index (χ1) is 14.3. The van der Waals surface area contributed by atoms with Crippen molar-refractivity contribution >= 4 is 29.1 Å². The number of nitrogens with one attached hydrogen (secondary N) is 1. The monoisotopic (exact) mass is 467 g/mol. The standard InChI is InChI=1S/C19H19ClF5N3O3/c1-9(17(30)31)26-16(29)11-7-13(20)28-12(6-10-2-4-18(21,22)5-3-10)15(19(23,24)25)27-14(28)8-11/h7-10H,2-6H2,1H3,(H,26,29)(H,30,31). The number of carbonyl (C=O) groups is 2. The predicted octanol–water partition coefficient (Wildman–Crippen LogP) is 4.58. The van der Waals surface area contributed by atoms with E-state index >= 15 is 0 Å². The maximum absolute atomic E-state index is 13.6. The summed E-state index contributed by atoms with van der Waals surface area (Å²) in [5, 5.41) is 10.8. The third-order valence-electron chi connectivity index (χ3n) is 5.34. The number of carboxylic acid groups (broad SMARTS) is 1. The molecule has 1 atom stereocenters. The fraction of sp³-hybridized carbons (Fsp3) is 0.526. The van der Waals surface area contributed by atoms with E-state index in [4.69, 9.17) is 16.7 Å². The van der Waals surface area contributed by atoms with Crippen LogP contribution in [0.3, 0.4) is 0 Å². The number of hydrogen-bond acceptors (Lipinski definition) is 3. The molecular weight excluding hydrogens is 449 g/mol. The van der Waals surface area contributed by atoms with E-state index < -0.39 is 54.5 Å². The van der Waals surface area contributed by atoms with E-state index in [1.807, 2.05) is 0 Å². The number of pyridine rings is 1. The molecule has 31 heavy (non-hydrogen) atoms. The first-order valence-electron chi connectivity index (χ1n) is 9.48. The molecule has 0 aromatic carbocycles. The molecular formula is C19H19ClF5N3O3. The van der Waals surface area contributed by atoms with Gasteiger partial charge in [0.05, 0.1) is 5.69 Å². The lowest BCUT2D eigenvalue weighted by Gasteiger charge is -2.28. The smallest absolute Gasteiger partial charge is 0.435 e. The van der Waals surface area contributed by atoms with E-state index in [1.165, 1.54) is 6.92 Å². The van der Waals surface area contributed by atoms with Crippen LogP contribution in [0.25, 0.3) is 5.65 Å². The number of aliphatic carboxylic acids is 1. The highest BCUT2D eigenvalue weighted by molar-refractivity contribution is 6.30. The van der Waals surface area contributed by atoms with Gasteiger partial charge in [0.1, 0.15) is 16.8 Å². The maximum Gasteiger partial charge on any atom is 0.435 e. The van der Waals surface area contributed by atoms with Crippen LogP contribution in [0, 0.1) is 5.92 Å². The van der Waals surface area contributed by atoms with Crippen LogP contribution in [-0.4, -0.2) is 38.3 Å². The second-order valence-corrected chi connectivity index (χ2v) is 8.09. The molecule has 0 saturated heterocycles. The summed E-state index contributed by atoms with van der Waals surface area (Å²) in [5.74, 6) is -5.33. The molecule has 170 valence electrons. The van der Waals surface area contributed by atoms with Gasteiger partial charge in [0, 0.05) is 18.4 Å². The van der Waals surface area contributed by atoms with Gasteiger partial charge in [-0.15, -0.1) is 0 Å². The molecule has 1 aliphatic rings. The Bertz CT molecular complexity index is 1010. The number of carboxylic acids is 1. The van der Waals surface area contributed by atoms with Crippen LogP contribution >= 0.6 is 11.6 Å². The highest BCUT2D eigenvalue weighted by atomic mass is 35.5. The average molecular weight is 468 g/mol. The van der Waals surface area contributed by atoms with Crippen LogP contribution < -0.4 is 5.32 Å².